The number of methoxy groups -OCH3 is 2. The number of ether oxygens (including phenoxy) is 3. The summed E-state index contributed by atoms with van der Waals surface area (Å²) >= 11 is 0. The summed E-state index contributed by atoms with van der Waals surface area (Å²) in [5.41, 5.74) is 2.98. The van der Waals surface area contributed by atoms with Crippen LogP contribution in [0.1, 0.15) is 43.2 Å². The summed E-state index contributed by atoms with van der Waals surface area (Å²) in [5, 5.41) is 14.5. The first-order chi connectivity index (χ1) is 17.2. The first-order valence-corrected chi connectivity index (χ1v) is 11.3. The SMILES string of the molecule is COC(=O)C1=C(C)NC2=C(C(=O)CCC2)C1c1ccc(OC)c(COc2cc(F)ccc2[N+](=O)[O-])c1. The second-order valence-electron chi connectivity index (χ2n) is 8.49. The van der Waals surface area contributed by atoms with Crippen molar-refractivity contribution in [2.45, 2.75) is 38.7 Å². The average Bonchev–Trinajstić information content (AvgIpc) is 2.86. The molecule has 1 aliphatic carbocycles. The molecule has 2 aromatic rings. The Kier molecular flexibility index (Phi) is 7.05. The maximum absolute atomic E-state index is 13.8. The number of ketones is 1. The highest BCUT2D eigenvalue weighted by molar-refractivity contribution is 6.03. The van der Waals surface area contributed by atoms with E-state index in [2.05, 4.69) is 5.32 Å². The molecule has 2 aliphatic rings. The van der Waals surface area contributed by atoms with Gasteiger partial charge < -0.3 is 19.5 Å². The maximum atomic E-state index is 13.8. The van der Waals surface area contributed by atoms with Gasteiger partial charge in [-0.2, -0.15) is 0 Å². The van der Waals surface area contributed by atoms with Gasteiger partial charge in [0.15, 0.2) is 11.5 Å². The zero-order valence-corrected chi connectivity index (χ0v) is 20.1. The molecule has 1 aliphatic heterocycles. The van der Waals surface area contributed by atoms with Gasteiger partial charge in [-0.05, 0) is 43.5 Å². The summed E-state index contributed by atoms with van der Waals surface area (Å²) < 4.78 is 29.9. The van der Waals surface area contributed by atoms with Crippen LogP contribution < -0.4 is 14.8 Å². The van der Waals surface area contributed by atoms with E-state index in [0.29, 0.717) is 53.0 Å². The van der Waals surface area contributed by atoms with Crippen molar-refractivity contribution >= 4 is 17.4 Å². The van der Waals surface area contributed by atoms with Crippen molar-refractivity contribution in [3.63, 3.8) is 0 Å². The lowest BCUT2D eigenvalue weighted by Crippen LogP contribution is -2.34. The molecule has 10 heteroatoms. The highest BCUT2D eigenvalue weighted by Gasteiger charge is 2.39. The predicted molar refractivity (Wildman–Crippen MR) is 127 cm³/mol. The van der Waals surface area contributed by atoms with Gasteiger partial charge in [0.1, 0.15) is 18.2 Å². The van der Waals surface area contributed by atoms with Crippen LogP contribution in [0, 0.1) is 15.9 Å². The number of Topliss-reactive ketones (excluding diaryl/α,β-unsaturated/α-hetero) is 1. The third kappa shape index (κ3) is 4.66. The van der Waals surface area contributed by atoms with E-state index in [9.17, 15) is 24.1 Å². The van der Waals surface area contributed by atoms with Crippen LogP contribution in [0.5, 0.6) is 11.5 Å². The van der Waals surface area contributed by atoms with Crippen molar-refractivity contribution in [1.82, 2.24) is 5.32 Å². The Balaban J connectivity index is 1.77. The number of esters is 1. The first-order valence-electron chi connectivity index (χ1n) is 11.3. The summed E-state index contributed by atoms with van der Waals surface area (Å²) in [5.74, 6) is -1.76. The number of carbonyl (C=O) groups excluding carboxylic acids is 2. The van der Waals surface area contributed by atoms with Crippen LogP contribution in [0.3, 0.4) is 0 Å². The van der Waals surface area contributed by atoms with Gasteiger partial charge in [0.2, 0.25) is 0 Å². The van der Waals surface area contributed by atoms with Crippen molar-refractivity contribution in [3.8, 4) is 11.5 Å². The van der Waals surface area contributed by atoms with Crippen molar-refractivity contribution in [2.24, 2.45) is 0 Å². The van der Waals surface area contributed by atoms with Gasteiger partial charge in [-0.15, -0.1) is 0 Å². The molecule has 1 unspecified atom stereocenters. The fourth-order valence-corrected chi connectivity index (χ4v) is 4.70. The lowest BCUT2D eigenvalue weighted by Gasteiger charge is -2.34. The van der Waals surface area contributed by atoms with Gasteiger partial charge in [0, 0.05) is 47.0 Å². The van der Waals surface area contributed by atoms with Crippen LogP contribution in [0.4, 0.5) is 10.1 Å². The lowest BCUT2D eigenvalue weighted by molar-refractivity contribution is -0.386. The quantitative estimate of drug-likeness (QED) is 0.339. The summed E-state index contributed by atoms with van der Waals surface area (Å²) in [6.45, 7) is 1.58. The van der Waals surface area contributed by atoms with Crippen LogP contribution in [0.15, 0.2) is 58.9 Å². The van der Waals surface area contributed by atoms with Crippen LogP contribution in [0.25, 0.3) is 0 Å². The minimum absolute atomic E-state index is 0.0494. The standard InChI is InChI=1S/C26H25FN2O7/c1-14-23(26(31)35-3)24(25-18(28-14)5-4-6-20(25)30)15-7-10-21(34-2)16(11-15)13-36-22-12-17(27)8-9-19(22)29(32)33/h7-12,24,28H,4-6,13H2,1-3H3. The number of benzene rings is 2. The monoisotopic (exact) mass is 496 g/mol. The number of allylic oxidation sites excluding steroid dienone is 3. The smallest absolute Gasteiger partial charge is 0.336 e. The topological polar surface area (TPSA) is 117 Å². The number of dihydropyridines is 1. The molecule has 2 aromatic carbocycles. The molecule has 0 saturated heterocycles. The second kappa shape index (κ2) is 10.2. The van der Waals surface area contributed by atoms with Crippen LogP contribution >= 0.6 is 0 Å². The molecule has 188 valence electrons. The van der Waals surface area contributed by atoms with E-state index in [1.54, 1.807) is 25.1 Å². The number of hydrogen-bond donors (Lipinski definition) is 1. The van der Waals surface area contributed by atoms with Gasteiger partial charge in [-0.3, -0.25) is 14.9 Å². The Labute approximate surface area is 206 Å². The summed E-state index contributed by atoms with van der Waals surface area (Å²) in [6.07, 6.45) is 1.77. The maximum Gasteiger partial charge on any atom is 0.336 e. The number of halogens is 1. The number of hydrogen-bond acceptors (Lipinski definition) is 8. The highest BCUT2D eigenvalue weighted by atomic mass is 19.1. The Bertz CT molecular complexity index is 1320. The van der Waals surface area contributed by atoms with E-state index in [1.807, 2.05) is 0 Å². The van der Waals surface area contributed by atoms with Gasteiger partial charge in [-0.1, -0.05) is 6.07 Å². The normalized spacial score (nSPS) is 17.3. The number of carbonyl (C=O) groups is 2. The summed E-state index contributed by atoms with van der Waals surface area (Å²) in [4.78, 5) is 36.5. The van der Waals surface area contributed by atoms with Gasteiger partial charge in [0.25, 0.3) is 0 Å². The minimum Gasteiger partial charge on any atom is -0.496 e. The molecule has 0 spiro atoms. The van der Waals surface area contributed by atoms with Crippen LogP contribution in [0.2, 0.25) is 0 Å². The average molecular weight is 496 g/mol. The van der Waals surface area contributed by atoms with E-state index in [1.165, 1.54) is 14.2 Å². The first kappa shape index (κ1) is 24.9. The van der Waals surface area contributed by atoms with Crippen LogP contribution in [-0.2, 0) is 20.9 Å². The molecule has 0 fully saturated rings. The van der Waals surface area contributed by atoms with Gasteiger partial charge in [0.05, 0.1) is 24.7 Å². The summed E-state index contributed by atoms with van der Waals surface area (Å²) in [7, 11) is 2.74. The Hall–Kier alpha value is -4.21. The number of nitrogens with one attached hydrogen (secondary N) is 1. The molecule has 1 heterocycles. The van der Waals surface area contributed by atoms with Crippen LogP contribution in [-0.4, -0.2) is 30.9 Å². The van der Waals surface area contributed by atoms with Crippen molar-refractivity contribution in [1.29, 1.82) is 0 Å². The molecule has 0 amide bonds. The van der Waals surface area contributed by atoms with Crippen molar-refractivity contribution in [2.75, 3.05) is 14.2 Å². The highest BCUT2D eigenvalue weighted by Crippen LogP contribution is 2.43. The molecule has 0 saturated carbocycles. The Morgan fingerprint density at radius 2 is 1.94 bits per heavy atom. The minimum atomic E-state index is -0.676. The van der Waals surface area contributed by atoms with Crippen molar-refractivity contribution < 1.29 is 33.1 Å². The third-order valence-electron chi connectivity index (χ3n) is 6.32. The zero-order chi connectivity index (χ0) is 26.0. The molecule has 0 aromatic heterocycles. The predicted octanol–water partition coefficient (Wildman–Crippen LogP) is 4.46. The molecular formula is C26H25FN2O7. The number of rotatable bonds is 7. The summed E-state index contributed by atoms with van der Waals surface area (Å²) in [6, 6.07) is 8.12. The molecule has 0 radical (unpaired) electrons. The zero-order valence-electron chi connectivity index (χ0n) is 20.1. The fourth-order valence-electron chi connectivity index (χ4n) is 4.70. The molecule has 1 N–H and O–H groups in total. The van der Waals surface area contributed by atoms with E-state index >= 15 is 0 Å². The van der Waals surface area contributed by atoms with Gasteiger partial charge in [-0.25, -0.2) is 9.18 Å². The molecular weight excluding hydrogens is 471 g/mol. The molecule has 0 bridgehead atoms. The van der Waals surface area contributed by atoms with E-state index in [4.69, 9.17) is 14.2 Å². The Morgan fingerprint density at radius 3 is 2.64 bits per heavy atom. The lowest BCUT2D eigenvalue weighted by atomic mass is 9.75. The third-order valence-corrected chi connectivity index (χ3v) is 6.32. The van der Waals surface area contributed by atoms with Gasteiger partial charge >= 0.3 is 11.7 Å². The molecule has 4 rings (SSSR count). The molecule has 36 heavy (non-hydrogen) atoms. The molecule has 1 atom stereocenters. The largest absolute Gasteiger partial charge is 0.496 e. The number of nitrogens with zero attached hydrogens (tertiary/aromatic N) is 1. The fraction of sp³-hybridized carbons (Fsp3) is 0.308. The number of nitro benzene ring substituents is 1. The van der Waals surface area contributed by atoms with E-state index < -0.39 is 22.6 Å². The van der Waals surface area contributed by atoms with E-state index in [-0.39, 0.29) is 23.8 Å². The van der Waals surface area contributed by atoms with Crippen molar-refractivity contribution in [3.05, 3.63) is 86.0 Å². The van der Waals surface area contributed by atoms with E-state index in [0.717, 1.165) is 23.9 Å². The second-order valence-corrected chi connectivity index (χ2v) is 8.49. The Morgan fingerprint density at radius 1 is 1.17 bits per heavy atom. The molecule has 9 nitrogen and oxygen atoms in total. The number of nitro groups is 1.